The topological polar surface area (TPSA) is 140 Å². The van der Waals surface area contributed by atoms with Crippen LogP contribution in [0.25, 0.3) is 0 Å². The minimum Gasteiger partial charge on any atom is -0.378 e. The Morgan fingerprint density at radius 2 is 2.14 bits per heavy atom. The van der Waals surface area contributed by atoms with Gasteiger partial charge in [-0.25, -0.2) is 0 Å². The van der Waals surface area contributed by atoms with Crippen LogP contribution < -0.4 is 15.5 Å². The summed E-state index contributed by atoms with van der Waals surface area (Å²) in [5, 5.41) is 28.3. The van der Waals surface area contributed by atoms with Crippen LogP contribution in [0.3, 0.4) is 0 Å². The van der Waals surface area contributed by atoms with Crippen molar-refractivity contribution in [3.05, 3.63) is 33.9 Å². The number of carbonyl (C=O) groups excluding carboxylic acids is 1. The number of morpholine rings is 1. The SMILES string of the molecule is CCCn1nnc(NC(=S)NC(=O)c2ccc(N3CCOCC3)c([N+](=O)[O-])c2)n1. The van der Waals surface area contributed by atoms with Crippen molar-refractivity contribution in [3.63, 3.8) is 0 Å². The number of rotatable bonds is 6. The van der Waals surface area contributed by atoms with Gasteiger partial charge in [0.25, 0.3) is 17.5 Å². The van der Waals surface area contributed by atoms with Gasteiger partial charge in [0.05, 0.1) is 24.7 Å². The number of nitro groups is 1. The summed E-state index contributed by atoms with van der Waals surface area (Å²) in [4.78, 5) is 26.7. The molecule has 0 saturated carbocycles. The summed E-state index contributed by atoms with van der Waals surface area (Å²) in [7, 11) is 0. The molecule has 1 aromatic carbocycles. The van der Waals surface area contributed by atoms with E-state index in [1.807, 2.05) is 11.8 Å². The Bertz CT molecular complexity index is 912. The summed E-state index contributed by atoms with van der Waals surface area (Å²) in [5.74, 6) is -0.433. The van der Waals surface area contributed by atoms with Crippen LogP contribution in [0.2, 0.25) is 0 Å². The van der Waals surface area contributed by atoms with Crippen molar-refractivity contribution < 1.29 is 14.5 Å². The molecule has 1 aliphatic rings. The molecular formula is C16H20N8O4S. The van der Waals surface area contributed by atoms with Gasteiger partial charge >= 0.3 is 0 Å². The highest BCUT2D eigenvalue weighted by atomic mass is 32.1. The lowest BCUT2D eigenvalue weighted by atomic mass is 10.1. The van der Waals surface area contributed by atoms with Crippen LogP contribution in [-0.2, 0) is 11.3 Å². The van der Waals surface area contributed by atoms with Crippen molar-refractivity contribution in [2.24, 2.45) is 0 Å². The maximum atomic E-state index is 12.5. The lowest BCUT2D eigenvalue weighted by molar-refractivity contribution is -0.384. The van der Waals surface area contributed by atoms with Crippen molar-refractivity contribution >= 4 is 40.6 Å². The van der Waals surface area contributed by atoms with Crippen LogP contribution in [0.15, 0.2) is 18.2 Å². The van der Waals surface area contributed by atoms with Crippen LogP contribution in [0.4, 0.5) is 17.3 Å². The van der Waals surface area contributed by atoms with E-state index in [9.17, 15) is 14.9 Å². The number of benzene rings is 1. The van der Waals surface area contributed by atoms with E-state index in [0.29, 0.717) is 38.5 Å². The fourth-order valence-electron chi connectivity index (χ4n) is 2.78. The molecule has 0 unspecified atom stereocenters. The number of amides is 1. The van der Waals surface area contributed by atoms with Crippen molar-refractivity contribution in [1.29, 1.82) is 0 Å². The van der Waals surface area contributed by atoms with Gasteiger partial charge in [0.15, 0.2) is 5.11 Å². The quantitative estimate of drug-likeness (QED) is 0.394. The first-order valence-corrected chi connectivity index (χ1v) is 9.40. The number of aromatic nitrogens is 4. The molecule has 3 rings (SSSR count). The number of thiocarbonyl (C=S) groups is 1. The molecule has 1 aromatic heterocycles. The Morgan fingerprint density at radius 3 is 2.83 bits per heavy atom. The predicted octanol–water partition coefficient (Wildman–Crippen LogP) is 0.955. The number of anilines is 2. The number of hydrogen-bond donors (Lipinski definition) is 2. The summed E-state index contributed by atoms with van der Waals surface area (Å²) in [6.45, 7) is 4.67. The molecule has 29 heavy (non-hydrogen) atoms. The Hall–Kier alpha value is -3.19. The number of carbonyl (C=O) groups is 1. The first kappa shape index (κ1) is 20.5. The molecule has 0 atom stereocenters. The van der Waals surface area contributed by atoms with Gasteiger partial charge in [0, 0.05) is 24.7 Å². The summed E-state index contributed by atoms with van der Waals surface area (Å²) >= 11 is 5.08. The smallest absolute Gasteiger partial charge is 0.293 e. The van der Waals surface area contributed by atoms with Crippen LogP contribution in [-0.4, -0.2) is 62.5 Å². The van der Waals surface area contributed by atoms with Gasteiger partial charge in [-0.15, -0.1) is 5.10 Å². The zero-order chi connectivity index (χ0) is 20.8. The first-order chi connectivity index (χ1) is 14.0. The normalized spacial score (nSPS) is 13.8. The lowest BCUT2D eigenvalue weighted by Crippen LogP contribution is -2.37. The molecule has 2 aromatic rings. The van der Waals surface area contributed by atoms with E-state index in [0.717, 1.165) is 6.42 Å². The molecule has 0 bridgehead atoms. The van der Waals surface area contributed by atoms with E-state index < -0.39 is 10.8 Å². The average Bonchev–Trinajstić information content (AvgIpc) is 3.15. The third-order valence-corrected chi connectivity index (χ3v) is 4.32. The molecule has 154 valence electrons. The van der Waals surface area contributed by atoms with Crippen LogP contribution >= 0.6 is 12.2 Å². The minimum absolute atomic E-state index is 0.0362. The molecule has 2 heterocycles. The van der Waals surface area contributed by atoms with Crippen molar-refractivity contribution in [3.8, 4) is 0 Å². The van der Waals surface area contributed by atoms with Crippen LogP contribution in [0, 0.1) is 10.1 Å². The van der Waals surface area contributed by atoms with E-state index in [4.69, 9.17) is 17.0 Å². The van der Waals surface area contributed by atoms with Gasteiger partial charge in [-0.2, -0.15) is 4.80 Å². The maximum absolute atomic E-state index is 12.5. The number of nitrogens with one attached hydrogen (secondary N) is 2. The molecule has 0 aliphatic carbocycles. The molecule has 1 amide bonds. The molecular weight excluding hydrogens is 400 g/mol. The van der Waals surface area contributed by atoms with Crippen molar-refractivity contribution in [2.75, 3.05) is 36.5 Å². The summed E-state index contributed by atoms with van der Waals surface area (Å²) < 4.78 is 5.28. The number of aryl methyl sites for hydroxylation is 1. The van der Waals surface area contributed by atoms with E-state index >= 15 is 0 Å². The third-order valence-electron chi connectivity index (χ3n) is 4.11. The Kier molecular flexibility index (Phi) is 6.61. The Balaban J connectivity index is 1.68. The molecule has 0 radical (unpaired) electrons. The number of nitrogens with zero attached hydrogens (tertiary/aromatic N) is 6. The van der Waals surface area contributed by atoms with Gasteiger partial charge < -0.3 is 9.64 Å². The Morgan fingerprint density at radius 1 is 1.38 bits per heavy atom. The molecule has 1 aliphatic heterocycles. The fraction of sp³-hybridized carbons (Fsp3) is 0.438. The second kappa shape index (κ2) is 9.34. The zero-order valence-corrected chi connectivity index (χ0v) is 16.5. The molecule has 12 nitrogen and oxygen atoms in total. The average molecular weight is 420 g/mol. The number of tetrazole rings is 1. The molecule has 1 saturated heterocycles. The van der Waals surface area contributed by atoms with Gasteiger partial charge in [-0.3, -0.25) is 25.5 Å². The highest BCUT2D eigenvalue weighted by Gasteiger charge is 2.23. The number of ether oxygens (including phenoxy) is 1. The van der Waals surface area contributed by atoms with Gasteiger partial charge in [-0.05, 0) is 36.0 Å². The van der Waals surface area contributed by atoms with Gasteiger partial charge in [-0.1, -0.05) is 12.0 Å². The Labute approximate surface area is 171 Å². The monoisotopic (exact) mass is 420 g/mol. The van der Waals surface area contributed by atoms with E-state index in [1.165, 1.54) is 16.9 Å². The first-order valence-electron chi connectivity index (χ1n) is 8.99. The van der Waals surface area contributed by atoms with E-state index in [2.05, 4.69) is 26.0 Å². The number of hydrogen-bond acceptors (Lipinski definition) is 9. The van der Waals surface area contributed by atoms with Crippen molar-refractivity contribution in [1.82, 2.24) is 25.5 Å². The minimum atomic E-state index is -0.583. The lowest BCUT2D eigenvalue weighted by Gasteiger charge is -2.28. The van der Waals surface area contributed by atoms with E-state index in [1.54, 1.807) is 6.07 Å². The molecule has 2 N–H and O–H groups in total. The summed E-state index contributed by atoms with van der Waals surface area (Å²) in [5.41, 5.74) is 0.412. The fourth-order valence-corrected chi connectivity index (χ4v) is 2.96. The van der Waals surface area contributed by atoms with Crippen LogP contribution in [0.5, 0.6) is 0 Å². The highest BCUT2D eigenvalue weighted by Crippen LogP contribution is 2.29. The van der Waals surface area contributed by atoms with E-state index in [-0.39, 0.29) is 22.3 Å². The maximum Gasteiger partial charge on any atom is 0.293 e. The molecule has 0 spiro atoms. The second-order valence-corrected chi connectivity index (χ2v) is 6.59. The highest BCUT2D eigenvalue weighted by molar-refractivity contribution is 7.80. The summed E-state index contributed by atoms with van der Waals surface area (Å²) in [6, 6.07) is 4.32. The van der Waals surface area contributed by atoms with Gasteiger partial charge in [0.1, 0.15) is 5.69 Å². The predicted molar refractivity (Wildman–Crippen MR) is 108 cm³/mol. The van der Waals surface area contributed by atoms with Crippen molar-refractivity contribution in [2.45, 2.75) is 19.9 Å². The van der Waals surface area contributed by atoms with Gasteiger partial charge in [0.2, 0.25) is 0 Å². The van der Waals surface area contributed by atoms with Crippen LogP contribution in [0.1, 0.15) is 23.7 Å². The number of nitro benzene ring substituents is 1. The largest absolute Gasteiger partial charge is 0.378 e. The molecule has 13 heteroatoms. The zero-order valence-electron chi connectivity index (χ0n) is 15.7. The summed E-state index contributed by atoms with van der Waals surface area (Å²) in [6.07, 6.45) is 0.843. The molecule has 1 fully saturated rings. The standard InChI is InChI=1S/C16H20N8O4S/c1-2-5-23-20-15(19-21-23)18-16(29)17-14(25)11-3-4-12(13(10-11)24(26)27)22-6-8-28-9-7-22/h3-4,10H,2,5-9H2,1H3,(H2,17,18,20,25,29). The third kappa shape index (κ3) is 5.20. The second-order valence-electron chi connectivity index (χ2n) is 6.18.